The number of carbonyl (C=O) groups is 1. The maximum atomic E-state index is 14.2. The molecule has 32 heavy (non-hydrogen) atoms. The molecule has 1 saturated carbocycles. The number of hydrogen-bond donors (Lipinski definition) is 0. The van der Waals surface area contributed by atoms with Gasteiger partial charge in [-0.3, -0.25) is 4.79 Å². The predicted molar refractivity (Wildman–Crippen MR) is 124 cm³/mol. The van der Waals surface area contributed by atoms with Crippen LogP contribution in [0.1, 0.15) is 69.2 Å². The van der Waals surface area contributed by atoms with Crippen LogP contribution in [0.4, 0.5) is 4.39 Å². The van der Waals surface area contributed by atoms with Gasteiger partial charge in [-0.25, -0.2) is 9.37 Å². The lowest BCUT2D eigenvalue weighted by Crippen LogP contribution is -2.38. The average Bonchev–Trinajstić information content (AvgIpc) is 3.22. The Morgan fingerprint density at radius 1 is 1.22 bits per heavy atom. The molecule has 2 fully saturated rings. The van der Waals surface area contributed by atoms with Gasteiger partial charge >= 0.3 is 0 Å². The van der Waals surface area contributed by atoms with Crippen LogP contribution < -0.4 is 0 Å². The Hall–Kier alpha value is -2.69. The Morgan fingerprint density at radius 3 is 2.81 bits per heavy atom. The Balaban J connectivity index is 1.50. The van der Waals surface area contributed by atoms with Gasteiger partial charge < -0.3 is 9.30 Å². The molecule has 168 valence electrons. The fourth-order valence-electron chi connectivity index (χ4n) is 6.52. The highest BCUT2D eigenvalue weighted by atomic mass is 19.1. The fourth-order valence-corrected chi connectivity index (χ4v) is 6.52. The number of imidazole rings is 1. The highest BCUT2D eigenvalue weighted by Gasteiger charge is 2.51. The molecule has 5 rings (SSSR count). The number of benzene rings is 1. The first-order valence-corrected chi connectivity index (χ1v) is 11.6. The van der Waals surface area contributed by atoms with Gasteiger partial charge in [0.2, 0.25) is 5.91 Å². The van der Waals surface area contributed by atoms with Gasteiger partial charge in [-0.2, -0.15) is 0 Å². The van der Waals surface area contributed by atoms with Crippen molar-refractivity contribution in [3.05, 3.63) is 71.4 Å². The second kappa shape index (κ2) is 7.43. The molecular weight excluding hydrogens is 401 g/mol. The third kappa shape index (κ3) is 3.82. The van der Waals surface area contributed by atoms with E-state index in [0.29, 0.717) is 12.5 Å². The largest absolute Gasteiger partial charge is 0.339 e. The van der Waals surface area contributed by atoms with E-state index >= 15 is 0 Å². The number of halogens is 1. The molecule has 2 aliphatic rings. The molecule has 1 aliphatic heterocycles. The Labute approximate surface area is 189 Å². The van der Waals surface area contributed by atoms with Crippen LogP contribution in [0.5, 0.6) is 0 Å². The van der Waals surface area contributed by atoms with E-state index in [2.05, 4.69) is 30.7 Å². The lowest BCUT2D eigenvalue weighted by molar-refractivity contribution is -0.132. The summed E-state index contributed by atoms with van der Waals surface area (Å²) >= 11 is 0. The molecule has 2 aromatic heterocycles. The monoisotopic (exact) mass is 433 g/mol. The molecule has 1 aromatic carbocycles. The second-order valence-electron chi connectivity index (χ2n) is 11.2. The quantitative estimate of drug-likeness (QED) is 0.527. The van der Waals surface area contributed by atoms with E-state index in [0.717, 1.165) is 48.3 Å². The summed E-state index contributed by atoms with van der Waals surface area (Å²) < 4.78 is 16.2. The SMILES string of the molecule is Cc1ccn2c(C(CC(=O)N3CC4(C)CC3CC(C)(C)C4)c3cccc(F)c3)cnc2c1. The summed E-state index contributed by atoms with van der Waals surface area (Å²) in [5.41, 5.74) is 4.17. The molecule has 4 nitrogen and oxygen atoms in total. The second-order valence-corrected chi connectivity index (χ2v) is 11.2. The molecule has 2 bridgehead atoms. The van der Waals surface area contributed by atoms with E-state index in [1.165, 1.54) is 6.07 Å². The predicted octanol–water partition coefficient (Wildman–Crippen LogP) is 5.73. The molecular formula is C27H32FN3O. The number of carbonyl (C=O) groups excluding carboxylic acids is 1. The number of rotatable bonds is 4. The first-order valence-electron chi connectivity index (χ1n) is 11.6. The highest BCUT2D eigenvalue weighted by molar-refractivity contribution is 5.78. The number of likely N-dealkylation sites (tertiary alicyclic amines) is 1. The Bertz CT molecular complexity index is 1180. The first kappa shape index (κ1) is 21.2. The van der Waals surface area contributed by atoms with Crippen molar-refractivity contribution in [2.45, 2.75) is 65.3 Å². The van der Waals surface area contributed by atoms with Gasteiger partial charge in [-0.05, 0) is 72.4 Å². The molecule has 3 heterocycles. The van der Waals surface area contributed by atoms with Crippen molar-refractivity contribution in [3.8, 4) is 0 Å². The van der Waals surface area contributed by atoms with Crippen molar-refractivity contribution < 1.29 is 9.18 Å². The van der Waals surface area contributed by atoms with E-state index in [-0.39, 0.29) is 28.5 Å². The molecule has 3 unspecified atom stereocenters. The maximum Gasteiger partial charge on any atom is 0.223 e. The van der Waals surface area contributed by atoms with E-state index < -0.39 is 0 Å². The van der Waals surface area contributed by atoms with Crippen molar-refractivity contribution in [2.75, 3.05) is 6.54 Å². The maximum absolute atomic E-state index is 14.2. The zero-order chi connectivity index (χ0) is 22.7. The van der Waals surface area contributed by atoms with Gasteiger partial charge in [0.1, 0.15) is 11.5 Å². The molecule has 3 aromatic rings. The van der Waals surface area contributed by atoms with Gasteiger partial charge in [-0.1, -0.05) is 32.9 Å². The molecule has 1 saturated heterocycles. The summed E-state index contributed by atoms with van der Waals surface area (Å²) in [6.07, 6.45) is 7.44. The summed E-state index contributed by atoms with van der Waals surface area (Å²) in [6.45, 7) is 9.82. The van der Waals surface area contributed by atoms with Crippen LogP contribution in [0, 0.1) is 23.6 Å². The van der Waals surface area contributed by atoms with Crippen LogP contribution in [0.25, 0.3) is 5.65 Å². The van der Waals surface area contributed by atoms with Crippen molar-refractivity contribution in [3.63, 3.8) is 0 Å². The van der Waals surface area contributed by atoms with Crippen molar-refractivity contribution >= 4 is 11.6 Å². The van der Waals surface area contributed by atoms with Gasteiger partial charge in [-0.15, -0.1) is 0 Å². The third-order valence-electron chi connectivity index (χ3n) is 7.42. The van der Waals surface area contributed by atoms with Crippen LogP contribution in [-0.2, 0) is 4.79 Å². The summed E-state index contributed by atoms with van der Waals surface area (Å²) in [7, 11) is 0. The number of amides is 1. The number of pyridine rings is 1. The zero-order valence-electron chi connectivity index (χ0n) is 19.4. The normalized spacial score (nSPS) is 25.3. The molecule has 0 N–H and O–H groups in total. The first-order chi connectivity index (χ1) is 15.1. The lowest BCUT2D eigenvalue weighted by atomic mass is 9.65. The van der Waals surface area contributed by atoms with Gasteiger partial charge in [0, 0.05) is 37.3 Å². The summed E-state index contributed by atoms with van der Waals surface area (Å²) in [5.74, 6) is -0.374. The summed E-state index contributed by atoms with van der Waals surface area (Å²) in [6, 6.07) is 11.0. The minimum Gasteiger partial charge on any atom is -0.339 e. The van der Waals surface area contributed by atoms with Crippen LogP contribution in [0.3, 0.4) is 0 Å². The van der Waals surface area contributed by atoms with E-state index in [9.17, 15) is 9.18 Å². The summed E-state index contributed by atoms with van der Waals surface area (Å²) in [4.78, 5) is 20.4. The van der Waals surface area contributed by atoms with Crippen LogP contribution in [0.15, 0.2) is 48.8 Å². The van der Waals surface area contributed by atoms with Gasteiger partial charge in [0.15, 0.2) is 0 Å². The Kier molecular flexibility index (Phi) is 4.92. The topological polar surface area (TPSA) is 37.6 Å². The number of nitrogens with zero attached hydrogens (tertiary/aromatic N) is 3. The van der Waals surface area contributed by atoms with E-state index in [1.54, 1.807) is 12.1 Å². The molecule has 1 amide bonds. The number of fused-ring (bicyclic) bond motifs is 3. The Morgan fingerprint density at radius 2 is 2.03 bits per heavy atom. The number of aromatic nitrogens is 2. The van der Waals surface area contributed by atoms with Crippen molar-refractivity contribution in [1.29, 1.82) is 0 Å². The smallest absolute Gasteiger partial charge is 0.223 e. The summed E-state index contributed by atoms with van der Waals surface area (Å²) in [5, 5.41) is 0. The van der Waals surface area contributed by atoms with E-state index in [4.69, 9.17) is 0 Å². The number of hydrogen-bond acceptors (Lipinski definition) is 2. The fraction of sp³-hybridized carbons (Fsp3) is 0.481. The minimum absolute atomic E-state index is 0.160. The average molecular weight is 434 g/mol. The van der Waals surface area contributed by atoms with Crippen LogP contribution >= 0.6 is 0 Å². The standard InChI is InChI=1S/C27H32FN3O/c1-18-8-9-30-23(15-29-24(30)10-18)22(19-6-5-7-20(28)11-19)12-25(32)31-17-27(4)14-21(31)13-26(2,3)16-27/h5-11,15,21-22H,12-14,16-17H2,1-4H3. The number of aryl methyl sites for hydroxylation is 1. The highest BCUT2D eigenvalue weighted by Crippen LogP contribution is 2.52. The van der Waals surface area contributed by atoms with Gasteiger partial charge in [0.25, 0.3) is 0 Å². The van der Waals surface area contributed by atoms with Crippen molar-refractivity contribution in [1.82, 2.24) is 14.3 Å². The van der Waals surface area contributed by atoms with Gasteiger partial charge in [0.05, 0.1) is 5.69 Å². The minimum atomic E-state index is -0.282. The molecule has 0 radical (unpaired) electrons. The van der Waals surface area contributed by atoms with Crippen LogP contribution in [-0.4, -0.2) is 32.8 Å². The molecule has 5 heteroatoms. The molecule has 3 atom stereocenters. The van der Waals surface area contributed by atoms with Crippen LogP contribution in [0.2, 0.25) is 0 Å². The lowest BCUT2D eigenvalue weighted by Gasteiger charge is -2.39. The molecule has 1 aliphatic carbocycles. The van der Waals surface area contributed by atoms with E-state index in [1.807, 2.05) is 41.9 Å². The third-order valence-corrected chi connectivity index (χ3v) is 7.42. The van der Waals surface area contributed by atoms with Crippen molar-refractivity contribution in [2.24, 2.45) is 10.8 Å². The zero-order valence-corrected chi connectivity index (χ0v) is 19.4. The molecule has 0 spiro atoms.